The maximum Gasteiger partial charge on any atom is 0.265 e. The largest absolute Gasteiger partial charge is 0.480 e. The summed E-state index contributed by atoms with van der Waals surface area (Å²) in [5.41, 5.74) is 3.10. The zero-order valence-corrected chi connectivity index (χ0v) is 17.2. The number of nitrogens with one attached hydrogen (secondary N) is 1. The molecule has 1 saturated heterocycles. The van der Waals surface area contributed by atoms with Gasteiger partial charge in [0.2, 0.25) is 0 Å². The molecule has 3 rings (SSSR count). The van der Waals surface area contributed by atoms with Crippen LogP contribution in [0.15, 0.2) is 42.5 Å². The zero-order chi connectivity index (χ0) is 20.8. The van der Waals surface area contributed by atoms with Gasteiger partial charge in [-0.25, -0.2) is 0 Å². The molecule has 6 heteroatoms. The van der Waals surface area contributed by atoms with Crippen molar-refractivity contribution in [1.29, 1.82) is 0 Å². The van der Waals surface area contributed by atoms with Gasteiger partial charge >= 0.3 is 0 Å². The van der Waals surface area contributed by atoms with E-state index in [4.69, 9.17) is 9.47 Å². The summed E-state index contributed by atoms with van der Waals surface area (Å²) >= 11 is 0. The lowest BCUT2D eigenvalue weighted by atomic mass is 10.1. The number of rotatable bonds is 6. The molecule has 2 aromatic rings. The molecule has 1 atom stereocenters. The first-order chi connectivity index (χ1) is 14.0. The van der Waals surface area contributed by atoms with Gasteiger partial charge < -0.3 is 19.7 Å². The van der Waals surface area contributed by atoms with Gasteiger partial charge in [0, 0.05) is 13.1 Å². The Morgan fingerprint density at radius 3 is 2.55 bits per heavy atom. The van der Waals surface area contributed by atoms with E-state index >= 15 is 0 Å². The lowest BCUT2D eigenvalue weighted by Gasteiger charge is -2.27. The highest BCUT2D eigenvalue weighted by Crippen LogP contribution is 2.23. The smallest absolute Gasteiger partial charge is 0.265 e. The number of para-hydroxylation sites is 1. The summed E-state index contributed by atoms with van der Waals surface area (Å²) in [6.07, 6.45) is -0.137. The van der Waals surface area contributed by atoms with Crippen molar-refractivity contribution in [3.8, 4) is 5.75 Å². The maximum absolute atomic E-state index is 12.9. The van der Waals surface area contributed by atoms with Crippen molar-refractivity contribution in [1.82, 2.24) is 4.90 Å². The lowest BCUT2D eigenvalue weighted by molar-refractivity contribution is -0.122. The van der Waals surface area contributed by atoms with Gasteiger partial charge in [-0.2, -0.15) is 0 Å². The Hall–Kier alpha value is -2.86. The third-order valence-electron chi connectivity index (χ3n) is 4.98. The van der Waals surface area contributed by atoms with Crippen LogP contribution in [0.2, 0.25) is 0 Å². The standard InChI is InChI=1S/C23H28N2O4/c1-4-20(29-21-10-9-16(2)15-17(21)3)22(26)24-19-8-6-5-7-18(19)23(27)25-11-13-28-14-12-25/h5-10,15,20H,4,11-14H2,1-3H3,(H,24,26)/t20-/m0/s1. The summed E-state index contributed by atoms with van der Waals surface area (Å²) in [7, 11) is 0. The molecule has 1 heterocycles. The maximum atomic E-state index is 12.9. The first-order valence-electron chi connectivity index (χ1n) is 10.0. The number of nitrogens with zero attached hydrogens (tertiary/aromatic N) is 1. The van der Waals surface area contributed by atoms with E-state index in [1.54, 1.807) is 29.2 Å². The minimum absolute atomic E-state index is 0.104. The first-order valence-corrected chi connectivity index (χ1v) is 10.0. The Balaban J connectivity index is 1.74. The second kappa shape index (κ2) is 9.56. The van der Waals surface area contributed by atoms with Crippen molar-refractivity contribution >= 4 is 17.5 Å². The van der Waals surface area contributed by atoms with E-state index in [1.165, 1.54) is 0 Å². The van der Waals surface area contributed by atoms with Gasteiger partial charge in [0.25, 0.3) is 11.8 Å². The summed E-state index contributed by atoms with van der Waals surface area (Å²) in [6, 6.07) is 13.0. The highest BCUT2D eigenvalue weighted by Gasteiger charge is 2.24. The average Bonchev–Trinajstić information content (AvgIpc) is 2.73. The normalized spacial score (nSPS) is 14.9. The van der Waals surface area contributed by atoms with Gasteiger partial charge in [-0.3, -0.25) is 9.59 Å². The molecule has 0 radical (unpaired) electrons. The number of carbonyl (C=O) groups is 2. The first kappa shape index (κ1) is 20.9. The van der Waals surface area contributed by atoms with Gasteiger partial charge in [0.05, 0.1) is 24.5 Å². The van der Waals surface area contributed by atoms with Crippen LogP contribution in [0.4, 0.5) is 5.69 Å². The molecular formula is C23H28N2O4. The van der Waals surface area contributed by atoms with Gasteiger partial charge in [0.1, 0.15) is 5.75 Å². The van der Waals surface area contributed by atoms with Crippen LogP contribution in [0, 0.1) is 13.8 Å². The Labute approximate surface area is 171 Å². The Bertz CT molecular complexity index is 875. The molecule has 29 heavy (non-hydrogen) atoms. The summed E-state index contributed by atoms with van der Waals surface area (Å²) < 4.78 is 11.3. The predicted octanol–water partition coefficient (Wildman–Crippen LogP) is 3.57. The van der Waals surface area contributed by atoms with E-state index in [0.29, 0.717) is 49.7 Å². The molecule has 1 aliphatic heterocycles. The predicted molar refractivity (Wildman–Crippen MR) is 112 cm³/mol. The Morgan fingerprint density at radius 1 is 1.14 bits per heavy atom. The minimum Gasteiger partial charge on any atom is -0.480 e. The van der Waals surface area contributed by atoms with E-state index in [9.17, 15) is 9.59 Å². The van der Waals surface area contributed by atoms with Crippen LogP contribution in [0.25, 0.3) is 0 Å². The van der Waals surface area contributed by atoms with Crippen molar-refractivity contribution in [3.63, 3.8) is 0 Å². The number of hydrogen-bond donors (Lipinski definition) is 1. The van der Waals surface area contributed by atoms with Crippen LogP contribution in [0.3, 0.4) is 0 Å². The Morgan fingerprint density at radius 2 is 1.86 bits per heavy atom. The number of hydrogen-bond acceptors (Lipinski definition) is 4. The van der Waals surface area contributed by atoms with Crippen molar-refractivity contribution in [3.05, 3.63) is 59.2 Å². The molecule has 1 N–H and O–H groups in total. The van der Waals surface area contributed by atoms with Crippen LogP contribution in [-0.2, 0) is 9.53 Å². The van der Waals surface area contributed by atoms with Crippen LogP contribution < -0.4 is 10.1 Å². The summed E-state index contributed by atoms with van der Waals surface area (Å²) in [5, 5.41) is 2.89. The van der Waals surface area contributed by atoms with Crippen LogP contribution in [-0.4, -0.2) is 49.1 Å². The third-order valence-corrected chi connectivity index (χ3v) is 4.98. The summed E-state index contributed by atoms with van der Waals surface area (Å²) in [4.78, 5) is 27.5. The number of amides is 2. The van der Waals surface area contributed by atoms with Crippen LogP contribution in [0.5, 0.6) is 5.75 Å². The number of ether oxygens (including phenoxy) is 2. The molecule has 2 aromatic carbocycles. The molecular weight excluding hydrogens is 368 g/mol. The number of benzene rings is 2. The molecule has 0 aromatic heterocycles. The zero-order valence-electron chi connectivity index (χ0n) is 17.2. The quantitative estimate of drug-likeness (QED) is 0.811. The molecule has 0 aliphatic carbocycles. The van der Waals surface area contributed by atoms with E-state index in [-0.39, 0.29) is 11.8 Å². The fourth-order valence-corrected chi connectivity index (χ4v) is 3.34. The van der Waals surface area contributed by atoms with E-state index in [2.05, 4.69) is 5.32 Å². The number of carbonyl (C=O) groups excluding carboxylic acids is 2. The van der Waals surface area contributed by atoms with Crippen LogP contribution in [0.1, 0.15) is 34.8 Å². The topological polar surface area (TPSA) is 67.9 Å². The molecule has 2 amide bonds. The molecule has 1 fully saturated rings. The third kappa shape index (κ3) is 5.15. The molecule has 154 valence electrons. The van der Waals surface area contributed by atoms with E-state index in [1.807, 2.05) is 39.0 Å². The van der Waals surface area contributed by atoms with Crippen LogP contribution >= 0.6 is 0 Å². The summed E-state index contributed by atoms with van der Waals surface area (Å²) in [5.74, 6) is 0.317. The molecule has 6 nitrogen and oxygen atoms in total. The number of morpholine rings is 1. The van der Waals surface area contributed by atoms with Crippen molar-refractivity contribution < 1.29 is 19.1 Å². The van der Waals surface area contributed by atoms with Crippen molar-refractivity contribution in [2.45, 2.75) is 33.3 Å². The molecule has 0 unspecified atom stereocenters. The molecule has 0 bridgehead atoms. The lowest BCUT2D eigenvalue weighted by Crippen LogP contribution is -2.41. The van der Waals surface area contributed by atoms with E-state index < -0.39 is 6.10 Å². The second-order valence-electron chi connectivity index (χ2n) is 7.22. The summed E-state index contributed by atoms with van der Waals surface area (Å²) in [6.45, 7) is 8.04. The SMILES string of the molecule is CC[C@H](Oc1ccc(C)cc1C)C(=O)Nc1ccccc1C(=O)N1CCOCC1. The van der Waals surface area contributed by atoms with Gasteiger partial charge in [-0.15, -0.1) is 0 Å². The monoisotopic (exact) mass is 396 g/mol. The minimum atomic E-state index is -0.650. The highest BCUT2D eigenvalue weighted by molar-refractivity contribution is 6.04. The molecule has 0 spiro atoms. The molecule has 0 saturated carbocycles. The van der Waals surface area contributed by atoms with Gasteiger partial charge in [0.15, 0.2) is 6.10 Å². The highest BCUT2D eigenvalue weighted by atomic mass is 16.5. The fourth-order valence-electron chi connectivity index (χ4n) is 3.34. The number of aryl methyl sites for hydroxylation is 2. The van der Waals surface area contributed by atoms with Crippen molar-refractivity contribution in [2.75, 3.05) is 31.6 Å². The second-order valence-corrected chi connectivity index (χ2v) is 7.22. The van der Waals surface area contributed by atoms with Gasteiger partial charge in [-0.1, -0.05) is 36.8 Å². The Kier molecular flexibility index (Phi) is 6.88. The fraction of sp³-hybridized carbons (Fsp3) is 0.391. The van der Waals surface area contributed by atoms with Gasteiger partial charge in [-0.05, 0) is 44.0 Å². The average molecular weight is 396 g/mol. The van der Waals surface area contributed by atoms with E-state index in [0.717, 1.165) is 11.1 Å². The molecule has 1 aliphatic rings. The van der Waals surface area contributed by atoms with Crippen molar-refractivity contribution in [2.24, 2.45) is 0 Å². The number of anilines is 1.